The van der Waals surface area contributed by atoms with Gasteiger partial charge in [-0.3, -0.25) is 9.59 Å². The summed E-state index contributed by atoms with van der Waals surface area (Å²) in [5.41, 5.74) is 1.25. The number of carbonyl (C=O) groups excluding carboxylic acids is 1. The van der Waals surface area contributed by atoms with Gasteiger partial charge in [0.25, 0.3) is 11.5 Å². The molecule has 0 aliphatic carbocycles. The Balaban J connectivity index is 1.90. The highest BCUT2D eigenvalue weighted by molar-refractivity contribution is 5.94. The van der Waals surface area contributed by atoms with E-state index in [4.69, 9.17) is 4.42 Å². The zero-order valence-electron chi connectivity index (χ0n) is 13.3. The first-order chi connectivity index (χ1) is 11.0. The summed E-state index contributed by atoms with van der Waals surface area (Å²) in [6, 6.07) is 12.6. The van der Waals surface area contributed by atoms with Crippen molar-refractivity contribution in [1.82, 2.24) is 9.88 Å². The van der Waals surface area contributed by atoms with Crippen LogP contribution in [0.1, 0.15) is 34.8 Å². The number of para-hydroxylation sites is 1. The Hall–Kier alpha value is -2.82. The highest BCUT2D eigenvalue weighted by atomic mass is 16.3. The van der Waals surface area contributed by atoms with Crippen LogP contribution in [-0.2, 0) is 0 Å². The number of benzene rings is 1. The van der Waals surface area contributed by atoms with Crippen molar-refractivity contribution in [3.8, 4) is 0 Å². The van der Waals surface area contributed by atoms with Gasteiger partial charge in [-0.2, -0.15) is 0 Å². The SMILES string of the molecule is Cc1ccc(C(=O)N(C)[C@H](C)c2cc3ccccc3o2)c(=O)[nH]1. The maximum atomic E-state index is 12.6. The molecule has 0 aliphatic rings. The summed E-state index contributed by atoms with van der Waals surface area (Å²) in [7, 11) is 1.67. The van der Waals surface area contributed by atoms with Crippen LogP contribution in [0.5, 0.6) is 0 Å². The molecule has 0 spiro atoms. The number of hydrogen-bond acceptors (Lipinski definition) is 3. The molecular weight excluding hydrogens is 292 g/mol. The number of fused-ring (bicyclic) bond motifs is 1. The minimum atomic E-state index is -0.376. The van der Waals surface area contributed by atoms with E-state index in [0.717, 1.165) is 16.7 Å². The summed E-state index contributed by atoms with van der Waals surface area (Å²) in [6.45, 7) is 3.65. The number of aromatic amines is 1. The van der Waals surface area contributed by atoms with Gasteiger partial charge in [-0.1, -0.05) is 18.2 Å². The molecule has 0 saturated heterocycles. The van der Waals surface area contributed by atoms with Gasteiger partial charge in [0, 0.05) is 18.1 Å². The summed E-state index contributed by atoms with van der Waals surface area (Å²) in [4.78, 5) is 28.7. The average molecular weight is 310 g/mol. The lowest BCUT2D eigenvalue weighted by atomic mass is 10.1. The number of hydrogen-bond donors (Lipinski definition) is 1. The van der Waals surface area contributed by atoms with Crippen LogP contribution in [0.15, 0.2) is 51.7 Å². The van der Waals surface area contributed by atoms with Gasteiger partial charge in [-0.15, -0.1) is 0 Å². The molecule has 0 radical (unpaired) electrons. The first kappa shape index (κ1) is 15.1. The number of carbonyl (C=O) groups is 1. The first-order valence-corrected chi connectivity index (χ1v) is 7.43. The zero-order valence-corrected chi connectivity index (χ0v) is 13.3. The minimum absolute atomic E-state index is 0.126. The zero-order chi connectivity index (χ0) is 16.6. The van der Waals surface area contributed by atoms with Gasteiger partial charge in [-0.05, 0) is 38.1 Å². The molecule has 0 saturated carbocycles. The summed E-state index contributed by atoms with van der Waals surface area (Å²) in [6.07, 6.45) is 0. The molecule has 0 bridgehead atoms. The number of furan rings is 1. The fourth-order valence-electron chi connectivity index (χ4n) is 2.51. The fraction of sp³-hybridized carbons (Fsp3) is 0.222. The number of pyridine rings is 1. The van der Waals surface area contributed by atoms with Crippen molar-refractivity contribution in [2.24, 2.45) is 0 Å². The second kappa shape index (κ2) is 5.76. The van der Waals surface area contributed by atoms with Crippen LogP contribution in [0.2, 0.25) is 0 Å². The van der Waals surface area contributed by atoms with Gasteiger partial charge in [0.15, 0.2) is 0 Å². The van der Waals surface area contributed by atoms with Crippen LogP contribution < -0.4 is 5.56 Å². The van der Waals surface area contributed by atoms with Gasteiger partial charge < -0.3 is 14.3 Å². The quantitative estimate of drug-likeness (QED) is 0.807. The van der Waals surface area contributed by atoms with Crippen molar-refractivity contribution >= 4 is 16.9 Å². The van der Waals surface area contributed by atoms with E-state index in [1.807, 2.05) is 37.3 Å². The van der Waals surface area contributed by atoms with E-state index in [-0.39, 0.29) is 23.1 Å². The molecule has 0 unspecified atom stereocenters. The third-order valence-electron chi connectivity index (χ3n) is 4.04. The molecule has 2 heterocycles. The predicted octanol–water partition coefficient (Wildman–Crippen LogP) is 3.26. The Morgan fingerprint density at radius 3 is 2.65 bits per heavy atom. The van der Waals surface area contributed by atoms with Crippen LogP contribution in [0.4, 0.5) is 0 Å². The van der Waals surface area contributed by atoms with Crippen LogP contribution in [0.3, 0.4) is 0 Å². The Morgan fingerprint density at radius 1 is 1.22 bits per heavy atom. The molecule has 1 aromatic carbocycles. The van der Waals surface area contributed by atoms with E-state index < -0.39 is 0 Å². The van der Waals surface area contributed by atoms with E-state index in [2.05, 4.69) is 4.98 Å². The van der Waals surface area contributed by atoms with Gasteiger partial charge in [0.2, 0.25) is 0 Å². The molecule has 1 amide bonds. The van der Waals surface area contributed by atoms with Crippen molar-refractivity contribution in [1.29, 1.82) is 0 Å². The third-order valence-corrected chi connectivity index (χ3v) is 4.04. The van der Waals surface area contributed by atoms with Crippen LogP contribution >= 0.6 is 0 Å². The topological polar surface area (TPSA) is 66.3 Å². The highest BCUT2D eigenvalue weighted by Crippen LogP contribution is 2.27. The standard InChI is InChI=1S/C18H18N2O3/c1-11-8-9-14(17(21)19-11)18(22)20(3)12(2)16-10-13-6-4-5-7-15(13)23-16/h4-10,12H,1-3H3,(H,19,21)/t12-/m1/s1. The lowest BCUT2D eigenvalue weighted by Gasteiger charge is -2.23. The summed E-state index contributed by atoms with van der Waals surface area (Å²) in [5, 5.41) is 0.989. The van der Waals surface area contributed by atoms with E-state index >= 15 is 0 Å². The molecule has 118 valence electrons. The number of amides is 1. The summed E-state index contributed by atoms with van der Waals surface area (Å²) >= 11 is 0. The second-order valence-electron chi connectivity index (χ2n) is 5.66. The number of aromatic nitrogens is 1. The molecule has 2 aromatic heterocycles. The maximum Gasteiger partial charge on any atom is 0.260 e. The lowest BCUT2D eigenvalue weighted by molar-refractivity contribution is 0.0725. The van der Waals surface area contributed by atoms with Crippen LogP contribution in [0.25, 0.3) is 11.0 Å². The number of nitrogens with zero attached hydrogens (tertiary/aromatic N) is 1. The van der Waals surface area contributed by atoms with Crippen molar-refractivity contribution in [2.75, 3.05) is 7.05 Å². The van der Waals surface area contributed by atoms with Gasteiger partial charge in [0.05, 0.1) is 6.04 Å². The molecule has 5 heteroatoms. The fourth-order valence-corrected chi connectivity index (χ4v) is 2.51. The smallest absolute Gasteiger partial charge is 0.260 e. The molecule has 0 aliphatic heterocycles. The maximum absolute atomic E-state index is 12.6. The van der Waals surface area contributed by atoms with Crippen molar-refractivity contribution in [3.05, 3.63) is 69.8 Å². The molecule has 1 atom stereocenters. The minimum Gasteiger partial charge on any atom is -0.459 e. The summed E-state index contributed by atoms with van der Waals surface area (Å²) < 4.78 is 5.81. The van der Waals surface area contributed by atoms with E-state index in [1.165, 1.54) is 4.90 Å². The average Bonchev–Trinajstić information content (AvgIpc) is 2.97. The molecule has 3 aromatic rings. The monoisotopic (exact) mass is 310 g/mol. The van der Waals surface area contributed by atoms with Crippen molar-refractivity contribution < 1.29 is 9.21 Å². The number of nitrogens with one attached hydrogen (secondary N) is 1. The second-order valence-corrected chi connectivity index (χ2v) is 5.66. The van der Waals surface area contributed by atoms with E-state index in [9.17, 15) is 9.59 Å². The molecule has 3 rings (SSSR count). The van der Waals surface area contributed by atoms with E-state index in [1.54, 1.807) is 26.1 Å². The number of H-pyrrole nitrogens is 1. The van der Waals surface area contributed by atoms with Crippen LogP contribution in [-0.4, -0.2) is 22.8 Å². The molecule has 0 fully saturated rings. The largest absolute Gasteiger partial charge is 0.459 e. The molecule has 1 N–H and O–H groups in total. The Bertz CT molecular complexity index is 890. The Labute approximate surface area is 133 Å². The third kappa shape index (κ3) is 2.77. The molecular formula is C18H18N2O3. The Morgan fingerprint density at radius 2 is 1.96 bits per heavy atom. The van der Waals surface area contributed by atoms with E-state index in [0.29, 0.717) is 5.76 Å². The Kier molecular flexibility index (Phi) is 3.78. The number of rotatable bonds is 3. The normalized spacial score (nSPS) is 12.3. The van der Waals surface area contributed by atoms with Gasteiger partial charge in [-0.25, -0.2) is 0 Å². The van der Waals surface area contributed by atoms with Gasteiger partial charge in [0.1, 0.15) is 16.9 Å². The van der Waals surface area contributed by atoms with Gasteiger partial charge >= 0.3 is 0 Å². The van der Waals surface area contributed by atoms with Crippen molar-refractivity contribution in [3.63, 3.8) is 0 Å². The predicted molar refractivity (Wildman–Crippen MR) is 88.5 cm³/mol. The first-order valence-electron chi connectivity index (χ1n) is 7.43. The summed E-state index contributed by atoms with van der Waals surface area (Å²) in [5.74, 6) is 0.352. The van der Waals surface area contributed by atoms with Crippen LogP contribution in [0, 0.1) is 6.92 Å². The molecule has 5 nitrogen and oxygen atoms in total. The molecule has 23 heavy (non-hydrogen) atoms. The lowest BCUT2D eigenvalue weighted by Crippen LogP contribution is -2.33. The number of aryl methyl sites for hydroxylation is 1. The van der Waals surface area contributed by atoms with Crippen molar-refractivity contribution in [2.45, 2.75) is 19.9 Å². The highest BCUT2D eigenvalue weighted by Gasteiger charge is 2.23.